The molecule has 1 N–H and O–H groups in total. The summed E-state index contributed by atoms with van der Waals surface area (Å²) in [5.41, 5.74) is 3.45. The standard InChI is InChI=1S/C24H27N3O4S/c1-18-21(16-23(28)29)24(19-10-4-2-5-11-19)25-27(18)17-20-12-6-7-13-22(20)32(30,31)26-14-8-3-9-15-26/h2,4-7,10-13H,3,8-9,14-17H2,1H3,(H,28,29). The molecule has 1 fully saturated rings. The number of aromatic nitrogens is 2. The number of rotatable bonds is 7. The van der Waals surface area contributed by atoms with Crippen LogP contribution in [0.1, 0.15) is 36.1 Å². The fraction of sp³-hybridized carbons (Fsp3) is 0.333. The second-order valence-corrected chi connectivity index (χ2v) is 9.99. The SMILES string of the molecule is Cc1c(CC(=O)O)c(-c2ccccc2)nn1Cc1ccccc1S(=O)(=O)N1CCCCC1. The fourth-order valence-corrected chi connectivity index (χ4v) is 5.95. The minimum atomic E-state index is -3.60. The van der Waals surface area contributed by atoms with Crippen molar-refractivity contribution in [3.63, 3.8) is 0 Å². The summed E-state index contributed by atoms with van der Waals surface area (Å²) in [7, 11) is -3.60. The molecule has 1 saturated heterocycles. The van der Waals surface area contributed by atoms with E-state index in [4.69, 9.17) is 5.10 Å². The molecule has 7 nitrogen and oxygen atoms in total. The zero-order valence-electron chi connectivity index (χ0n) is 18.1. The first-order valence-electron chi connectivity index (χ1n) is 10.8. The van der Waals surface area contributed by atoms with Crippen molar-refractivity contribution >= 4 is 16.0 Å². The van der Waals surface area contributed by atoms with Gasteiger partial charge in [-0.2, -0.15) is 9.40 Å². The lowest BCUT2D eigenvalue weighted by Gasteiger charge is -2.26. The summed E-state index contributed by atoms with van der Waals surface area (Å²) in [4.78, 5) is 11.8. The van der Waals surface area contributed by atoms with E-state index < -0.39 is 16.0 Å². The summed E-state index contributed by atoms with van der Waals surface area (Å²) in [6.45, 7) is 3.16. The molecule has 32 heavy (non-hydrogen) atoms. The summed E-state index contributed by atoms with van der Waals surface area (Å²) in [6, 6.07) is 16.5. The van der Waals surface area contributed by atoms with Crippen molar-refractivity contribution < 1.29 is 18.3 Å². The summed E-state index contributed by atoms with van der Waals surface area (Å²) in [5, 5.41) is 14.1. The second kappa shape index (κ2) is 9.26. The minimum Gasteiger partial charge on any atom is -0.481 e. The summed E-state index contributed by atoms with van der Waals surface area (Å²) in [5.74, 6) is -0.932. The highest BCUT2D eigenvalue weighted by Gasteiger charge is 2.28. The van der Waals surface area contributed by atoms with E-state index in [0.717, 1.165) is 30.5 Å². The van der Waals surface area contributed by atoms with Crippen LogP contribution in [0.25, 0.3) is 11.3 Å². The third-order valence-corrected chi connectivity index (χ3v) is 7.93. The molecule has 4 rings (SSSR count). The molecule has 0 amide bonds. The molecule has 0 radical (unpaired) electrons. The van der Waals surface area contributed by atoms with Gasteiger partial charge in [0.15, 0.2) is 0 Å². The van der Waals surface area contributed by atoms with Crippen LogP contribution in [0.2, 0.25) is 0 Å². The van der Waals surface area contributed by atoms with Gasteiger partial charge in [0.2, 0.25) is 10.0 Å². The van der Waals surface area contributed by atoms with Gasteiger partial charge in [0.05, 0.1) is 23.6 Å². The molecule has 0 unspecified atom stereocenters. The predicted octanol–water partition coefficient (Wildman–Crippen LogP) is 3.71. The summed E-state index contributed by atoms with van der Waals surface area (Å²) < 4.78 is 30.0. The van der Waals surface area contributed by atoms with E-state index in [9.17, 15) is 18.3 Å². The number of hydrogen-bond donors (Lipinski definition) is 1. The van der Waals surface area contributed by atoms with Crippen LogP contribution in [0.3, 0.4) is 0 Å². The van der Waals surface area contributed by atoms with E-state index in [1.807, 2.05) is 43.3 Å². The Kier molecular flexibility index (Phi) is 6.43. The molecule has 2 aromatic carbocycles. The van der Waals surface area contributed by atoms with Gasteiger partial charge in [-0.15, -0.1) is 0 Å². The number of aliphatic carboxylic acids is 1. The van der Waals surface area contributed by atoms with Gasteiger partial charge in [-0.25, -0.2) is 8.42 Å². The Balaban J connectivity index is 1.74. The van der Waals surface area contributed by atoms with Gasteiger partial charge < -0.3 is 5.11 Å². The quantitative estimate of drug-likeness (QED) is 0.589. The molecule has 1 aliphatic rings. The van der Waals surface area contributed by atoms with Crippen molar-refractivity contribution in [2.24, 2.45) is 0 Å². The molecular formula is C24H27N3O4S. The number of nitrogens with zero attached hydrogens (tertiary/aromatic N) is 3. The molecule has 2 heterocycles. The Morgan fingerprint density at radius 1 is 1.00 bits per heavy atom. The van der Waals surface area contributed by atoms with Crippen molar-refractivity contribution in [3.8, 4) is 11.3 Å². The maximum atomic E-state index is 13.3. The van der Waals surface area contributed by atoms with Crippen molar-refractivity contribution in [2.75, 3.05) is 13.1 Å². The van der Waals surface area contributed by atoms with Crippen LogP contribution in [0.15, 0.2) is 59.5 Å². The Morgan fingerprint density at radius 2 is 1.66 bits per heavy atom. The smallest absolute Gasteiger partial charge is 0.307 e. The first-order chi connectivity index (χ1) is 15.4. The molecule has 168 valence electrons. The molecule has 0 saturated carbocycles. The molecule has 3 aromatic rings. The molecule has 0 aliphatic carbocycles. The molecule has 0 spiro atoms. The molecule has 1 aliphatic heterocycles. The van der Waals surface area contributed by atoms with E-state index in [1.54, 1.807) is 27.2 Å². The van der Waals surface area contributed by atoms with Gasteiger partial charge >= 0.3 is 5.97 Å². The zero-order chi connectivity index (χ0) is 22.7. The van der Waals surface area contributed by atoms with Crippen LogP contribution in [-0.2, 0) is 27.8 Å². The highest BCUT2D eigenvalue weighted by atomic mass is 32.2. The lowest BCUT2D eigenvalue weighted by molar-refractivity contribution is -0.136. The minimum absolute atomic E-state index is 0.149. The van der Waals surface area contributed by atoms with Crippen molar-refractivity contribution in [1.29, 1.82) is 0 Å². The van der Waals surface area contributed by atoms with Crippen LogP contribution < -0.4 is 0 Å². The van der Waals surface area contributed by atoms with Crippen LogP contribution in [0.4, 0.5) is 0 Å². The van der Waals surface area contributed by atoms with E-state index in [0.29, 0.717) is 29.9 Å². The topological polar surface area (TPSA) is 92.5 Å². The third kappa shape index (κ3) is 4.47. The second-order valence-electron chi connectivity index (χ2n) is 8.08. The van der Waals surface area contributed by atoms with Gasteiger partial charge in [-0.05, 0) is 31.4 Å². The largest absolute Gasteiger partial charge is 0.481 e. The number of benzene rings is 2. The van der Waals surface area contributed by atoms with E-state index in [-0.39, 0.29) is 17.9 Å². The lowest BCUT2D eigenvalue weighted by Crippen LogP contribution is -2.36. The lowest BCUT2D eigenvalue weighted by atomic mass is 10.0. The van der Waals surface area contributed by atoms with Crippen LogP contribution in [0.5, 0.6) is 0 Å². The van der Waals surface area contributed by atoms with Crippen molar-refractivity contribution in [3.05, 3.63) is 71.4 Å². The Bertz CT molecular complexity index is 1210. The van der Waals surface area contributed by atoms with E-state index in [1.165, 1.54) is 0 Å². The Morgan fingerprint density at radius 3 is 2.34 bits per heavy atom. The molecule has 0 bridgehead atoms. The molecule has 0 atom stereocenters. The van der Waals surface area contributed by atoms with E-state index >= 15 is 0 Å². The number of piperidine rings is 1. The number of hydrogen-bond acceptors (Lipinski definition) is 4. The normalized spacial score (nSPS) is 15.0. The van der Waals surface area contributed by atoms with Gasteiger partial charge in [0, 0.05) is 29.9 Å². The van der Waals surface area contributed by atoms with Gasteiger partial charge in [0.25, 0.3) is 0 Å². The number of sulfonamides is 1. The highest BCUT2D eigenvalue weighted by Crippen LogP contribution is 2.28. The average molecular weight is 454 g/mol. The molecular weight excluding hydrogens is 426 g/mol. The van der Waals surface area contributed by atoms with E-state index in [2.05, 4.69) is 0 Å². The first kappa shape index (κ1) is 22.2. The Hall–Kier alpha value is -2.97. The zero-order valence-corrected chi connectivity index (χ0v) is 18.9. The van der Waals surface area contributed by atoms with Crippen LogP contribution in [-0.4, -0.2) is 46.7 Å². The number of carboxylic acids is 1. The van der Waals surface area contributed by atoms with Gasteiger partial charge in [-0.3, -0.25) is 9.48 Å². The maximum Gasteiger partial charge on any atom is 0.307 e. The predicted molar refractivity (Wildman–Crippen MR) is 122 cm³/mol. The molecule has 8 heteroatoms. The first-order valence-corrected chi connectivity index (χ1v) is 12.2. The fourth-order valence-electron chi connectivity index (χ4n) is 4.22. The maximum absolute atomic E-state index is 13.3. The highest BCUT2D eigenvalue weighted by molar-refractivity contribution is 7.89. The Labute approximate surface area is 188 Å². The number of carboxylic acid groups (broad SMARTS) is 1. The van der Waals surface area contributed by atoms with Crippen LogP contribution in [0, 0.1) is 6.92 Å². The molecule has 1 aromatic heterocycles. The monoisotopic (exact) mass is 453 g/mol. The average Bonchev–Trinajstić information content (AvgIpc) is 3.10. The van der Waals surface area contributed by atoms with Crippen LogP contribution >= 0.6 is 0 Å². The summed E-state index contributed by atoms with van der Waals surface area (Å²) >= 11 is 0. The van der Waals surface area contributed by atoms with Gasteiger partial charge in [-0.1, -0.05) is 55.0 Å². The van der Waals surface area contributed by atoms with Crippen molar-refractivity contribution in [2.45, 2.75) is 44.0 Å². The summed E-state index contributed by atoms with van der Waals surface area (Å²) in [6.07, 6.45) is 2.65. The van der Waals surface area contributed by atoms with Gasteiger partial charge in [0.1, 0.15) is 0 Å². The number of carbonyl (C=O) groups is 1. The van der Waals surface area contributed by atoms with Crippen molar-refractivity contribution in [1.82, 2.24) is 14.1 Å². The third-order valence-electron chi connectivity index (χ3n) is 5.93.